The SMILES string of the molecule is C=P(=O)ON(CCN(OP(=C)=O)OP(=C)=O)CCN(OP(=C)=O)OP(=C)=O. The number of hydrogen-bond acceptors (Lipinski definition) is 13. The third kappa shape index (κ3) is 16.2. The first-order valence-corrected chi connectivity index (χ1v) is 13.4. The van der Waals surface area contributed by atoms with Gasteiger partial charge < -0.3 is 0 Å². The van der Waals surface area contributed by atoms with Gasteiger partial charge in [0, 0.05) is 13.1 Å². The zero-order valence-electron chi connectivity index (χ0n) is 14.0. The van der Waals surface area contributed by atoms with E-state index < -0.39 is 38.3 Å². The summed E-state index contributed by atoms with van der Waals surface area (Å²) >= 11 is 0. The van der Waals surface area contributed by atoms with Crippen LogP contribution in [0.4, 0.5) is 0 Å². The Morgan fingerprint density at radius 2 is 0.741 bits per heavy atom. The molecule has 5 atom stereocenters. The summed E-state index contributed by atoms with van der Waals surface area (Å²) in [6.07, 6.45) is 15.7. The van der Waals surface area contributed by atoms with E-state index in [1.165, 1.54) is 0 Å². The van der Waals surface area contributed by atoms with Gasteiger partial charge in [0.2, 0.25) is 7.65 Å². The highest BCUT2D eigenvalue weighted by Gasteiger charge is 2.16. The lowest BCUT2D eigenvalue weighted by molar-refractivity contribution is -0.262. The lowest BCUT2D eigenvalue weighted by Gasteiger charge is -2.23. The predicted octanol–water partition coefficient (Wildman–Crippen LogP) is 2.42. The summed E-state index contributed by atoms with van der Waals surface area (Å²) in [5.41, 5.74) is 0. The second-order valence-corrected chi connectivity index (χ2v) is 8.26. The van der Waals surface area contributed by atoms with Gasteiger partial charge in [-0.2, -0.15) is 23.6 Å². The van der Waals surface area contributed by atoms with Crippen molar-refractivity contribution in [1.29, 1.82) is 0 Å². The van der Waals surface area contributed by atoms with Crippen LogP contribution in [0.2, 0.25) is 0 Å². The summed E-state index contributed by atoms with van der Waals surface area (Å²) in [5.74, 6) is 0. The van der Waals surface area contributed by atoms with Crippen molar-refractivity contribution in [3.05, 3.63) is 0 Å². The third-order valence-electron chi connectivity index (χ3n) is 2.00. The van der Waals surface area contributed by atoms with Crippen LogP contribution in [0.3, 0.4) is 0 Å². The molecular weight excluding hydrogens is 465 g/mol. The monoisotopic (exact) mass is 483 g/mol. The van der Waals surface area contributed by atoms with Crippen LogP contribution in [0.25, 0.3) is 0 Å². The van der Waals surface area contributed by atoms with E-state index >= 15 is 0 Å². The Bertz CT molecular complexity index is 684. The molecule has 0 aliphatic rings. The van der Waals surface area contributed by atoms with Crippen LogP contribution in [-0.4, -0.2) is 73.2 Å². The van der Waals surface area contributed by atoms with Gasteiger partial charge in [0.25, 0.3) is 30.6 Å². The zero-order chi connectivity index (χ0) is 21.0. The number of nitrogens with zero attached hydrogens (tertiary/aromatic N) is 3. The van der Waals surface area contributed by atoms with Gasteiger partial charge in [0.05, 0.1) is 13.1 Å². The fourth-order valence-electron chi connectivity index (χ4n) is 1.31. The molecule has 0 aliphatic heterocycles. The summed E-state index contributed by atoms with van der Waals surface area (Å²) in [6, 6.07) is 0. The van der Waals surface area contributed by atoms with E-state index in [4.69, 9.17) is 23.1 Å². The Kier molecular flexibility index (Phi) is 14.3. The molecule has 0 radical (unpaired) electrons. The van der Waals surface area contributed by atoms with Crippen LogP contribution in [0, 0.1) is 0 Å². The van der Waals surface area contributed by atoms with Crippen molar-refractivity contribution in [3.8, 4) is 0 Å². The van der Waals surface area contributed by atoms with E-state index in [1.54, 1.807) is 0 Å². The molecule has 0 spiro atoms. The molecule has 0 aromatic carbocycles. The quantitative estimate of drug-likeness (QED) is 0.235. The molecule has 0 saturated carbocycles. The standard InChI is InChI=1S/C9H18N3O10P5/c1-23(13)18-10(6-8-11(19-24(2)14)20-25(3)15)7-9-12(21-26(4)16)22-27(5)17/h1-9H2. The maximum atomic E-state index is 11.2. The first kappa shape index (κ1) is 26.5. The number of rotatable bonds is 16. The van der Waals surface area contributed by atoms with Crippen LogP contribution in [0.15, 0.2) is 0 Å². The van der Waals surface area contributed by atoms with Crippen LogP contribution in [-0.2, 0) is 45.9 Å². The van der Waals surface area contributed by atoms with Crippen LogP contribution < -0.4 is 0 Å². The molecule has 0 rings (SSSR count). The molecule has 0 aliphatic carbocycles. The molecule has 0 aromatic heterocycles. The summed E-state index contributed by atoms with van der Waals surface area (Å²) in [4.78, 5) is 0. The predicted molar refractivity (Wildman–Crippen MR) is 104 cm³/mol. The molecule has 0 bridgehead atoms. The van der Waals surface area contributed by atoms with Crippen molar-refractivity contribution >= 4 is 69.8 Å². The fraction of sp³-hybridized carbons (Fsp3) is 0.444. The Labute approximate surface area is 158 Å². The highest BCUT2D eigenvalue weighted by atomic mass is 31.1. The maximum absolute atomic E-state index is 11.2. The van der Waals surface area contributed by atoms with Crippen LogP contribution in [0.1, 0.15) is 0 Å². The third-order valence-corrected chi connectivity index (χ3v) is 3.87. The molecule has 0 heterocycles. The van der Waals surface area contributed by atoms with E-state index in [0.717, 1.165) is 5.06 Å². The first-order valence-electron chi connectivity index (χ1n) is 6.58. The summed E-state index contributed by atoms with van der Waals surface area (Å²) < 4.78 is 79.2. The minimum absolute atomic E-state index is 0.0934. The zero-order valence-corrected chi connectivity index (χ0v) is 18.5. The second kappa shape index (κ2) is 14.5. The van der Waals surface area contributed by atoms with Crippen molar-refractivity contribution < 1.29 is 45.9 Å². The van der Waals surface area contributed by atoms with Gasteiger partial charge in [-0.3, -0.25) is 0 Å². The van der Waals surface area contributed by atoms with E-state index in [-0.39, 0.29) is 26.2 Å². The van der Waals surface area contributed by atoms with Gasteiger partial charge >= 0.3 is 0 Å². The second-order valence-electron chi connectivity index (χ2n) is 4.11. The Morgan fingerprint density at radius 1 is 0.481 bits per heavy atom. The van der Waals surface area contributed by atoms with Crippen molar-refractivity contribution in [1.82, 2.24) is 15.5 Å². The molecule has 18 heteroatoms. The molecule has 0 aromatic rings. The minimum Gasteiger partial charge on any atom is -0.250 e. The van der Waals surface area contributed by atoms with Gasteiger partial charge in [-0.25, -0.2) is 27.4 Å². The number of hydrogen-bond donors (Lipinski definition) is 0. The Hall–Kier alpha value is -0.470. The lowest BCUT2D eigenvalue weighted by Crippen LogP contribution is -2.36. The lowest BCUT2D eigenvalue weighted by atomic mass is 10.5. The molecule has 0 amide bonds. The topological polar surface area (TPSA) is 141 Å². The van der Waals surface area contributed by atoms with Gasteiger partial charge in [-0.1, -0.05) is 0 Å². The molecule has 154 valence electrons. The fourth-order valence-corrected chi connectivity index (χ4v) is 3.11. The molecule has 5 unspecified atom stereocenters. The van der Waals surface area contributed by atoms with Gasteiger partial charge in [-0.05, 0) is 41.9 Å². The first-order chi connectivity index (χ1) is 12.5. The molecule has 0 N–H and O–H groups in total. The summed E-state index contributed by atoms with van der Waals surface area (Å²) in [5, 5.41) is 2.33. The van der Waals surface area contributed by atoms with Gasteiger partial charge in [0.1, 0.15) is 0 Å². The van der Waals surface area contributed by atoms with E-state index in [9.17, 15) is 22.8 Å². The molecule has 0 fully saturated rings. The van der Waals surface area contributed by atoms with E-state index in [0.29, 0.717) is 10.5 Å². The normalized spacial score (nSPS) is 14.4. The van der Waals surface area contributed by atoms with Crippen molar-refractivity contribution in [2.24, 2.45) is 0 Å². The average Bonchev–Trinajstić information content (AvgIpc) is 2.46. The summed E-state index contributed by atoms with van der Waals surface area (Å²) in [7, 11) is -11.8. The van der Waals surface area contributed by atoms with Crippen molar-refractivity contribution in [3.63, 3.8) is 0 Å². The van der Waals surface area contributed by atoms with Crippen LogP contribution in [0.5, 0.6) is 0 Å². The maximum Gasteiger partial charge on any atom is 0.251 e. The average molecular weight is 483 g/mol. The van der Waals surface area contributed by atoms with Crippen molar-refractivity contribution in [2.75, 3.05) is 26.2 Å². The van der Waals surface area contributed by atoms with Crippen molar-refractivity contribution in [2.45, 2.75) is 0 Å². The Morgan fingerprint density at radius 3 is 0.963 bits per heavy atom. The van der Waals surface area contributed by atoms with E-state index in [1.807, 2.05) is 0 Å². The molecule has 0 saturated heterocycles. The highest BCUT2D eigenvalue weighted by molar-refractivity contribution is 7.38. The number of hydroxylamine groups is 6. The highest BCUT2D eigenvalue weighted by Crippen LogP contribution is 2.19. The van der Waals surface area contributed by atoms with Gasteiger partial charge in [-0.15, -0.1) is 0 Å². The van der Waals surface area contributed by atoms with Gasteiger partial charge in [0.15, 0.2) is 0 Å². The van der Waals surface area contributed by atoms with E-state index in [2.05, 4.69) is 31.5 Å². The minimum atomic E-state index is -2.37. The smallest absolute Gasteiger partial charge is 0.250 e. The summed E-state index contributed by atoms with van der Waals surface area (Å²) in [6.45, 7) is -0.565. The Balaban J connectivity index is 4.97. The van der Waals surface area contributed by atoms with Crippen LogP contribution >= 0.6 is 38.3 Å². The largest absolute Gasteiger partial charge is 0.251 e. The molecule has 27 heavy (non-hydrogen) atoms. The molecule has 13 nitrogen and oxygen atoms in total. The molecular formula is C9H18N3O10P5.